The average Bonchev–Trinajstić information content (AvgIpc) is 3.26. The highest BCUT2D eigenvalue weighted by Gasteiger charge is 2.31. The number of hydrogen-bond donors (Lipinski definition) is 4. The quantitative estimate of drug-likeness (QED) is 0.178. The van der Waals surface area contributed by atoms with Crippen LogP contribution in [0, 0.1) is 11.8 Å². The van der Waals surface area contributed by atoms with E-state index in [1.54, 1.807) is 4.90 Å². The van der Waals surface area contributed by atoms with E-state index in [1.807, 2.05) is 46.3 Å². The highest BCUT2D eigenvalue weighted by molar-refractivity contribution is 7.99. The third-order valence-corrected chi connectivity index (χ3v) is 8.74. The predicted octanol–water partition coefficient (Wildman–Crippen LogP) is 3.81. The van der Waals surface area contributed by atoms with Crippen LogP contribution in [-0.4, -0.2) is 75.2 Å². The van der Waals surface area contributed by atoms with Gasteiger partial charge in [0.2, 0.25) is 5.91 Å². The molecule has 0 spiro atoms. The minimum Gasteiger partial charge on any atom is -0.354 e. The van der Waals surface area contributed by atoms with Crippen LogP contribution in [0.1, 0.15) is 113 Å². The van der Waals surface area contributed by atoms with Crippen molar-refractivity contribution >= 4 is 38.6 Å². The van der Waals surface area contributed by atoms with Gasteiger partial charge in [-0.05, 0) is 61.3 Å². The van der Waals surface area contributed by atoms with Crippen LogP contribution in [0.2, 0.25) is 0 Å². The summed E-state index contributed by atoms with van der Waals surface area (Å²) >= 11 is 0. The molecule has 45 heavy (non-hydrogen) atoms. The summed E-state index contributed by atoms with van der Waals surface area (Å²) < 4.78 is 27.3. The van der Waals surface area contributed by atoms with E-state index in [-0.39, 0.29) is 45.4 Å². The molecule has 1 aliphatic rings. The van der Waals surface area contributed by atoms with Crippen molar-refractivity contribution in [2.45, 2.75) is 99.1 Å². The zero-order chi connectivity index (χ0) is 33.7. The highest BCUT2D eigenvalue weighted by atomic mass is 32.2. The summed E-state index contributed by atoms with van der Waals surface area (Å²) in [7, 11) is -4.14. The number of unbranched alkanes of at least 4 members (excludes halogenated alkanes) is 1. The molecule has 0 saturated heterocycles. The molecular weight excluding hydrogens is 594 g/mol. The van der Waals surface area contributed by atoms with Crippen LogP contribution in [0.4, 0.5) is 0 Å². The second-order valence-electron chi connectivity index (χ2n) is 12.6. The molecule has 252 valence electrons. The molecule has 4 N–H and O–H groups in total. The van der Waals surface area contributed by atoms with Crippen molar-refractivity contribution in [3.63, 3.8) is 0 Å². The molecular formula is C33H53N5O6S. The van der Waals surface area contributed by atoms with E-state index in [0.29, 0.717) is 44.9 Å². The van der Waals surface area contributed by atoms with Gasteiger partial charge in [-0.15, -0.1) is 0 Å². The van der Waals surface area contributed by atoms with Crippen LogP contribution in [0.15, 0.2) is 24.3 Å². The molecule has 1 heterocycles. The summed E-state index contributed by atoms with van der Waals surface area (Å²) in [5.41, 5.74) is 0.345. The van der Waals surface area contributed by atoms with Gasteiger partial charge in [0.15, 0.2) is 0 Å². The van der Waals surface area contributed by atoms with E-state index in [1.165, 1.54) is 18.2 Å². The SMILES string of the molecule is CCCC[C@H](NC[C@H](CC(C)C)NC(=O)c1cc(C(=O)N(CCC)CCC)cc(C2=CC(=O)NS2(=O)=O)c1)C(=O)NCC(C)C. The van der Waals surface area contributed by atoms with Crippen molar-refractivity contribution in [3.05, 3.63) is 41.0 Å². The molecule has 2 atom stereocenters. The maximum absolute atomic E-state index is 13.8. The fourth-order valence-corrected chi connectivity index (χ4v) is 6.32. The summed E-state index contributed by atoms with van der Waals surface area (Å²) in [4.78, 5) is 53.6. The van der Waals surface area contributed by atoms with Gasteiger partial charge in [-0.25, -0.2) is 13.1 Å². The van der Waals surface area contributed by atoms with E-state index in [9.17, 15) is 27.6 Å². The van der Waals surface area contributed by atoms with Gasteiger partial charge in [-0.2, -0.15) is 0 Å². The Bertz CT molecular complexity index is 1320. The van der Waals surface area contributed by atoms with Gasteiger partial charge in [0.25, 0.3) is 27.7 Å². The fraction of sp³-hybridized carbons (Fsp3) is 0.636. The lowest BCUT2D eigenvalue weighted by atomic mass is 10.0. The number of benzene rings is 1. The Morgan fingerprint density at radius 3 is 2.07 bits per heavy atom. The number of carbonyl (C=O) groups excluding carboxylic acids is 4. The third kappa shape index (κ3) is 11.9. The maximum atomic E-state index is 13.8. The van der Waals surface area contributed by atoms with Crippen LogP contribution in [0.5, 0.6) is 0 Å². The smallest absolute Gasteiger partial charge is 0.265 e. The molecule has 2 rings (SSSR count). The number of carbonyl (C=O) groups is 4. The molecule has 0 aromatic heterocycles. The summed E-state index contributed by atoms with van der Waals surface area (Å²) in [6.07, 6.45) is 5.53. The van der Waals surface area contributed by atoms with Gasteiger partial charge < -0.3 is 20.9 Å². The Morgan fingerprint density at radius 2 is 1.53 bits per heavy atom. The number of amides is 4. The normalized spacial score (nSPS) is 15.4. The molecule has 1 aromatic rings. The Hall–Kier alpha value is -3.25. The fourth-order valence-electron chi connectivity index (χ4n) is 5.19. The Kier molecular flexibility index (Phi) is 15.2. The molecule has 0 unspecified atom stereocenters. The summed E-state index contributed by atoms with van der Waals surface area (Å²) in [5, 5.41) is 9.41. The van der Waals surface area contributed by atoms with Gasteiger partial charge >= 0.3 is 0 Å². The largest absolute Gasteiger partial charge is 0.354 e. The second-order valence-corrected chi connectivity index (χ2v) is 14.3. The minimum atomic E-state index is -4.14. The second kappa shape index (κ2) is 18.0. The van der Waals surface area contributed by atoms with Crippen LogP contribution >= 0.6 is 0 Å². The van der Waals surface area contributed by atoms with Crippen molar-refractivity contribution in [3.8, 4) is 0 Å². The molecule has 0 saturated carbocycles. The van der Waals surface area contributed by atoms with Crippen LogP contribution in [0.3, 0.4) is 0 Å². The first kappa shape index (κ1) is 37.9. The van der Waals surface area contributed by atoms with Gasteiger partial charge in [0.1, 0.15) is 4.91 Å². The first-order chi connectivity index (χ1) is 21.2. The Labute approximate surface area is 269 Å². The zero-order valence-electron chi connectivity index (χ0n) is 28.0. The highest BCUT2D eigenvalue weighted by Crippen LogP contribution is 2.27. The van der Waals surface area contributed by atoms with Crippen molar-refractivity contribution < 1.29 is 27.6 Å². The molecule has 1 aliphatic heterocycles. The topological polar surface area (TPSA) is 154 Å². The van der Waals surface area contributed by atoms with Gasteiger partial charge in [-0.1, -0.05) is 61.3 Å². The molecule has 12 heteroatoms. The third-order valence-electron chi connectivity index (χ3n) is 7.34. The number of sulfonamides is 1. The minimum absolute atomic E-state index is 0.0689. The van der Waals surface area contributed by atoms with Gasteiger partial charge in [0.05, 0.1) is 6.04 Å². The molecule has 1 aromatic carbocycles. The maximum Gasteiger partial charge on any atom is 0.265 e. The monoisotopic (exact) mass is 647 g/mol. The van der Waals surface area contributed by atoms with Crippen LogP contribution in [-0.2, 0) is 19.6 Å². The zero-order valence-corrected chi connectivity index (χ0v) is 28.8. The summed E-state index contributed by atoms with van der Waals surface area (Å²) in [6, 6.07) is 3.53. The van der Waals surface area contributed by atoms with E-state index < -0.39 is 27.9 Å². The number of nitrogens with zero attached hydrogens (tertiary/aromatic N) is 1. The number of nitrogens with one attached hydrogen (secondary N) is 4. The lowest BCUT2D eigenvalue weighted by Gasteiger charge is -2.25. The number of rotatable bonds is 19. The molecule has 0 radical (unpaired) electrons. The van der Waals surface area contributed by atoms with E-state index in [4.69, 9.17) is 0 Å². The lowest BCUT2D eigenvalue weighted by molar-refractivity contribution is -0.123. The first-order valence-electron chi connectivity index (χ1n) is 16.3. The lowest BCUT2D eigenvalue weighted by Crippen LogP contribution is -2.50. The molecule has 0 fully saturated rings. The van der Waals surface area contributed by atoms with Gasteiger partial charge in [-0.3, -0.25) is 19.2 Å². The molecule has 0 bridgehead atoms. The van der Waals surface area contributed by atoms with Crippen LogP contribution in [0.25, 0.3) is 4.91 Å². The first-order valence-corrected chi connectivity index (χ1v) is 17.8. The summed E-state index contributed by atoms with van der Waals surface area (Å²) in [6.45, 7) is 16.1. The molecule has 4 amide bonds. The Balaban J connectivity index is 2.43. The summed E-state index contributed by atoms with van der Waals surface area (Å²) in [5.74, 6) is -1.12. The predicted molar refractivity (Wildman–Crippen MR) is 178 cm³/mol. The van der Waals surface area contributed by atoms with E-state index in [0.717, 1.165) is 31.8 Å². The van der Waals surface area contributed by atoms with E-state index in [2.05, 4.69) is 22.9 Å². The van der Waals surface area contributed by atoms with Crippen molar-refractivity contribution in [2.75, 3.05) is 26.2 Å². The van der Waals surface area contributed by atoms with Crippen LogP contribution < -0.4 is 20.7 Å². The van der Waals surface area contributed by atoms with Gasteiger partial charge in [0, 0.05) is 49.4 Å². The Morgan fingerprint density at radius 1 is 0.889 bits per heavy atom. The van der Waals surface area contributed by atoms with E-state index >= 15 is 0 Å². The van der Waals surface area contributed by atoms with Crippen molar-refractivity contribution in [1.29, 1.82) is 0 Å². The molecule has 11 nitrogen and oxygen atoms in total. The van der Waals surface area contributed by atoms with Crippen molar-refractivity contribution in [1.82, 2.24) is 25.6 Å². The standard InChI is InChI=1S/C33H53N5O6S/c1-8-11-12-28(32(41)35-20-23(6)7)34-21-27(15-22(4)5)36-31(40)25-16-24(29-19-30(39)37-45(29,43)44)17-26(18-25)33(42)38(13-9-2)14-10-3/h16-19,22-23,27-28,34H,8-15,20-21H2,1-7H3,(H,35,41)(H,36,40)(H,37,39)/t27-,28-/m0/s1. The average molecular weight is 648 g/mol. The molecule has 0 aliphatic carbocycles. The number of hydrogen-bond acceptors (Lipinski definition) is 7. The van der Waals surface area contributed by atoms with Crippen molar-refractivity contribution in [2.24, 2.45) is 11.8 Å².